The van der Waals surface area contributed by atoms with Gasteiger partial charge in [-0.1, -0.05) is 96.5 Å². The van der Waals surface area contributed by atoms with Crippen LogP contribution in [0.2, 0.25) is 5.02 Å². The molecule has 3 aromatic rings. The summed E-state index contributed by atoms with van der Waals surface area (Å²) in [6, 6.07) is 26.1. The van der Waals surface area contributed by atoms with Crippen LogP contribution in [0.15, 0.2) is 102 Å². The van der Waals surface area contributed by atoms with E-state index in [0.29, 0.717) is 37.1 Å². The van der Waals surface area contributed by atoms with Crippen LogP contribution in [-0.4, -0.2) is 66.0 Å². The summed E-state index contributed by atoms with van der Waals surface area (Å²) in [5.74, 6) is 0.0940. The summed E-state index contributed by atoms with van der Waals surface area (Å²) in [5, 5.41) is 3.55. The third kappa shape index (κ3) is 9.34. The Bertz CT molecular complexity index is 1580. The molecule has 2 aliphatic rings. The minimum Gasteiger partial charge on any atom is -0.478 e. The highest BCUT2D eigenvalue weighted by Gasteiger charge is 2.39. The van der Waals surface area contributed by atoms with Crippen molar-refractivity contribution in [1.29, 1.82) is 0 Å². The van der Waals surface area contributed by atoms with Gasteiger partial charge in [-0.05, 0) is 75.3 Å². The van der Waals surface area contributed by atoms with E-state index in [-0.39, 0.29) is 18.0 Å². The summed E-state index contributed by atoms with van der Waals surface area (Å²) in [6.07, 6.45) is 6.72. The average Bonchev–Trinajstić information content (AvgIpc) is 3.76. The molecule has 2 aliphatic heterocycles. The molecule has 1 unspecified atom stereocenters. The highest BCUT2D eigenvalue weighted by Crippen LogP contribution is 2.33. The molecule has 0 aromatic heterocycles. The summed E-state index contributed by atoms with van der Waals surface area (Å²) < 4.78 is 12.4. The molecule has 0 radical (unpaired) electrons. The Morgan fingerprint density at radius 3 is 2.44 bits per heavy atom. The van der Waals surface area contributed by atoms with Crippen molar-refractivity contribution in [2.75, 3.05) is 13.2 Å². The van der Waals surface area contributed by atoms with E-state index < -0.39 is 29.5 Å². The fourth-order valence-electron chi connectivity index (χ4n) is 6.33. The first kappa shape index (κ1) is 35.3. The lowest BCUT2D eigenvalue weighted by molar-refractivity contribution is -0.141. The van der Waals surface area contributed by atoms with Gasteiger partial charge in [-0.25, -0.2) is 4.99 Å². The predicted molar refractivity (Wildman–Crippen MR) is 191 cm³/mol. The van der Waals surface area contributed by atoms with E-state index in [4.69, 9.17) is 31.8 Å². The van der Waals surface area contributed by atoms with Crippen molar-refractivity contribution >= 4 is 29.3 Å². The molecule has 0 spiro atoms. The number of halogens is 1. The SMILES string of the molecule is C[C@H](N)C(=O)N[C@H](C(=O)N1CCC[C@H]1/C=C/[C@@](C)(Cc1cccc(Cl)c1)C1=NC(Cc2ccccc2)CO1)[C@@H](C)OCc1ccccc1. The maximum atomic E-state index is 14.2. The molecule has 6 atom stereocenters. The van der Waals surface area contributed by atoms with Crippen molar-refractivity contribution < 1.29 is 19.1 Å². The highest BCUT2D eigenvalue weighted by molar-refractivity contribution is 6.30. The highest BCUT2D eigenvalue weighted by atomic mass is 35.5. The molecule has 0 bridgehead atoms. The zero-order chi connectivity index (χ0) is 34.1. The molecule has 2 amide bonds. The number of rotatable bonds is 14. The van der Waals surface area contributed by atoms with Gasteiger partial charge in [-0.2, -0.15) is 0 Å². The number of hydrogen-bond donors (Lipinski definition) is 2. The standard InChI is InChI=1S/C39H47ClN4O4/c1-27(41)36(45)43-35(28(2)47-25-30-14-8-5-9-15-30)37(46)44-21-11-18-34(44)19-20-39(3,24-31-16-10-17-32(40)22-31)38-42-33(26-48-38)23-29-12-6-4-7-13-29/h4-10,12-17,19-20,22,27-28,33-35H,11,18,21,23-26,41H2,1-3H3,(H,43,45)/b20-19+/t27-,28+,33?,34-,35-,39-/m0/s1. The van der Waals surface area contributed by atoms with Gasteiger partial charge in [-0.15, -0.1) is 0 Å². The van der Waals surface area contributed by atoms with Crippen LogP contribution in [0.3, 0.4) is 0 Å². The third-order valence-electron chi connectivity index (χ3n) is 9.05. The molecule has 254 valence electrons. The monoisotopic (exact) mass is 670 g/mol. The predicted octanol–water partition coefficient (Wildman–Crippen LogP) is 5.91. The molecule has 8 nitrogen and oxygen atoms in total. The van der Waals surface area contributed by atoms with Crippen molar-refractivity contribution in [3.05, 3.63) is 119 Å². The Hall–Kier alpha value is -3.98. The maximum absolute atomic E-state index is 14.2. The van der Waals surface area contributed by atoms with E-state index in [2.05, 4.69) is 42.6 Å². The molecule has 9 heteroatoms. The number of nitrogens with one attached hydrogen (secondary N) is 1. The molecule has 2 heterocycles. The van der Waals surface area contributed by atoms with E-state index in [0.717, 1.165) is 30.4 Å². The van der Waals surface area contributed by atoms with Crippen LogP contribution in [-0.2, 0) is 38.5 Å². The Morgan fingerprint density at radius 1 is 1.06 bits per heavy atom. The normalized spacial score (nSPS) is 20.9. The number of carbonyl (C=O) groups excluding carboxylic acids is 2. The molecular formula is C39H47ClN4O4. The van der Waals surface area contributed by atoms with E-state index >= 15 is 0 Å². The number of hydrogen-bond acceptors (Lipinski definition) is 6. The number of benzene rings is 3. The van der Waals surface area contributed by atoms with Crippen LogP contribution in [0.1, 0.15) is 50.3 Å². The average molecular weight is 671 g/mol. The van der Waals surface area contributed by atoms with Crippen molar-refractivity contribution in [3.8, 4) is 0 Å². The maximum Gasteiger partial charge on any atom is 0.248 e. The summed E-state index contributed by atoms with van der Waals surface area (Å²) >= 11 is 6.38. The number of nitrogens with two attached hydrogens (primary N) is 1. The van der Waals surface area contributed by atoms with E-state index in [1.807, 2.05) is 78.6 Å². The minimum absolute atomic E-state index is 0.0192. The second kappa shape index (κ2) is 16.4. The summed E-state index contributed by atoms with van der Waals surface area (Å²) in [7, 11) is 0. The van der Waals surface area contributed by atoms with Gasteiger partial charge in [0.2, 0.25) is 11.8 Å². The van der Waals surface area contributed by atoms with E-state index in [1.165, 1.54) is 5.56 Å². The van der Waals surface area contributed by atoms with E-state index in [9.17, 15) is 9.59 Å². The van der Waals surface area contributed by atoms with Gasteiger partial charge in [-0.3, -0.25) is 9.59 Å². The second-order valence-electron chi connectivity index (χ2n) is 13.2. The molecule has 1 fully saturated rings. The lowest BCUT2D eigenvalue weighted by Crippen LogP contribution is -2.57. The second-order valence-corrected chi connectivity index (χ2v) is 13.6. The zero-order valence-corrected chi connectivity index (χ0v) is 28.8. The van der Waals surface area contributed by atoms with Gasteiger partial charge in [0.15, 0.2) is 5.90 Å². The number of carbonyl (C=O) groups is 2. The molecule has 48 heavy (non-hydrogen) atoms. The first-order valence-electron chi connectivity index (χ1n) is 16.8. The Kier molecular flexibility index (Phi) is 12.1. The lowest BCUT2D eigenvalue weighted by Gasteiger charge is -2.32. The van der Waals surface area contributed by atoms with Gasteiger partial charge in [0.25, 0.3) is 0 Å². The first-order valence-corrected chi connectivity index (χ1v) is 17.2. The molecule has 0 saturated carbocycles. The van der Waals surface area contributed by atoms with Crippen LogP contribution < -0.4 is 11.1 Å². The van der Waals surface area contributed by atoms with Crippen molar-refractivity contribution in [2.45, 2.75) is 83.3 Å². The van der Waals surface area contributed by atoms with Crippen molar-refractivity contribution in [3.63, 3.8) is 0 Å². The topological polar surface area (TPSA) is 106 Å². The van der Waals surface area contributed by atoms with Gasteiger partial charge < -0.3 is 25.4 Å². The van der Waals surface area contributed by atoms with Crippen molar-refractivity contribution in [1.82, 2.24) is 10.2 Å². The van der Waals surface area contributed by atoms with Crippen LogP contribution >= 0.6 is 11.6 Å². The molecular weight excluding hydrogens is 624 g/mol. The largest absolute Gasteiger partial charge is 0.478 e. The van der Waals surface area contributed by atoms with Crippen LogP contribution in [0, 0.1) is 5.41 Å². The summed E-state index contributed by atoms with van der Waals surface area (Å²) in [5.41, 5.74) is 8.58. The number of likely N-dealkylation sites (tertiary alicyclic amines) is 1. The Balaban J connectivity index is 1.37. The smallest absolute Gasteiger partial charge is 0.248 e. The zero-order valence-electron chi connectivity index (χ0n) is 28.1. The van der Waals surface area contributed by atoms with E-state index in [1.54, 1.807) is 6.92 Å². The Morgan fingerprint density at radius 2 is 1.75 bits per heavy atom. The fraction of sp³-hybridized carbons (Fsp3) is 0.410. The first-order chi connectivity index (χ1) is 23.1. The minimum atomic E-state index is -0.889. The molecule has 1 saturated heterocycles. The van der Waals surface area contributed by atoms with Crippen LogP contribution in [0.5, 0.6) is 0 Å². The molecule has 3 aromatic carbocycles. The number of ether oxygens (including phenoxy) is 2. The van der Waals surface area contributed by atoms with Crippen LogP contribution in [0.25, 0.3) is 0 Å². The Labute approximate surface area is 289 Å². The summed E-state index contributed by atoms with van der Waals surface area (Å²) in [4.78, 5) is 33.9. The van der Waals surface area contributed by atoms with Gasteiger partial charge >= 0.3 is 0 Å². The van der Waals surface area contributed by atoms with Gasteiger partial charge in [0, 0.05) is 11.6 Å². The molecule has 3 N–H and O–H groups in total. The van der Waals surface area contributed by atoms with Gasteiger partial charge in [0.1, 0.15) is 12.6 Å². The van der Waals surface area contributed by atoms with Crippen LogP contribution in [0.4, 0.5) is 0 Å². The fourth-order valence-corrected chi connectivity index (χ4v) is 6.54. The number of nitrogens with zero attached hydrogens (tertiary/aromatic N) is 2. The number of amides is 2. The van der Waals surface area contributed by atoms with Gasteiger partial charge in [0.05, 0.1) is 36.3 Å². The third-order valence-corrected chi connectivity index (χ3v) is 9.28. The lowest BCUT2D eigenvalue weighted by atomic mass is 9.82. The molecule has 0 aliphatic carbocycles. The number of aliphatic imine (C=N–C) groups is 1. The van der Waals surface area contributed by atoms with Crippen molar-refractivity contribution in [2.24, 2.45) is 16.1 Å². The summed E-state index contributed by atoms with van der Waals surface area (Å²) in [6.45, 7) is 6.95. The quantitative estimate of drug-likeness (QED) is 0.207. The molecule has 5 rings (SSSR count).